The Morgan fingerprint density at radius 2 is 1.58 bits per heavy atom. The number of hydrogen-bond acceptors (Lipinski definition) is 7. The van der Waals surface area contributed by atoms with E-state index < -0.39 is 29.4 Å². The monoisotopic (exact) mass is 265 g/mol. The Hall–Kier alpha value is 0.519. The Morgan fingerprint density at radius 3 is 1.75 bits per heavy atom. The van der Waals surface area contributed by atoms with E-state index in [1.807, 2.05) is 0 Å². The van der Waals surface area contributed by atoms with Gasteiger partial charge in [0.15, 0.2) is 0 Å². The molecular formula is C2H4CuO7P2+2. The zero-order valence-electron chi connectivity index (χ0n) is 5.38. The molecule has 0 aliphatic rings. The molecule has 0 rings (SSSR count). The zero-order valence-corrected chi connectivity index (χ0v) is 8.11. The van der Waals surface area contributed by atoms with Crippen LogP contribution in [0.5, 0.6) is 0 Å². The van der Waals surface area contributed by atoms with Gasteiger partial charge in [-0.05, 0) is 9.13 Å². The van der Waals surface area contributed by atoms with Crippen molar-refractivity contribution in [2.24, 2.45) is 0 Å². The third kappa shape index (κ3) is 8.61. The van der Waals surface area contributed by atoms with Crippen LogP contribution in [-0.2, 0) is 35.2 Å². The van der Waals surface area contributed by atoms with Gasteiger partial charge in [-0.3, -0.25) is 0 Å². The van der Waals surface area contributed by atoms with Gasteiger partial charge < -0.3 is 14.9 Å². The molecule has 73 valence electrons. The number of aliphatic hydroxyl groups excluding tert-OH is 1. The largest absolute Gasteiger partial charge is 2.00 e. The van der Waals surface area contributed by atoms with Crippen LogP contribution in [0.1, 0.15) is 0 Å². The molecule has 0 aromatic rings. The normalized spacial score (nSPS) is 14.6. The molecule has 0 aromatic carbocycles. The molecule has 10 heteroatoms. The van der Waals surface area contributed by atoms with Crippen molar-refractivity contribution in [1.82, 2.24) is 0 Å². The summed E-state index contributed by atoms with van der Waals surface area (Å²) in [5.74, 6) is 0. The summed E-state index contributed by atoms with van der Waals surface area (Å²) in [5, 5.41) is 8.24. The fourth-order valence-electron chi connectivity index (χ4n) is 0.278. The van der Waals surface area contributed by atoms with Gasteiger partial charge in [-0.25, -0.2) is 0 Å². The topological polar surface area (TPSA) is 119 Å². The Bertz CT molecular complexity index is 145. The van der Waals surface area contributed by atoms with Crippen LogP contribution < -0.4 is 9.79 Å². The van der Waals surface area contributed by atoms with Crippen LogP contribution in [0, 0.1) is 0 Å². The van der Waals surface area contributed by atoms with Gasteiger partial charge >= 0.3 is 33.6 Å². The molecule has 0 bridgehead atoms. The summed E-state index contributed by atoms with van der Waals surface area (Å²) in [6.07, 6.45) is -1.67. The van der Waals surface area contributed by atoms with Crippen molar-refractivity contribution in [3.05, 3.63) is 0 Å². The van der Waals surface area contributed by atoms with Crippen molar-refractivity contribution in [3.63, 3.8) is 0 Å². The van der Waals surface area contributed by atoms with E-state index in [9.17, 15) is 18.9 Å². The minimum absolute atomic E-state index is 0. The van der Waals surface area contributed by atoms with Crippen molar-refractivity contribution >= 4 is 16.5 Å². The molecule has 2 unspecified atom stereocenters. The molecule has 7 nitrogen and oxygen atoms in total. The first kappa shape index (κ1) is 15.0. The van der Waals surface area contributed by atoms with Crippen LogP contribution in [0.4, 0.5) is 0 Å². The van der Waals surface area contributed by atoms with E-state index in [4.69, 9.17) is 5.11 Å². The molecule has 0 aliphatic carbocycles. The molecule has 12 heavy (non-hydrogen) atoms. The van der Waals surface area contributed by atoms with Crippen LogP contribution >= 0.6 is 16.5 Å². The van der Waals surface area contributed by atoms with Gasteiger partial charge in [0.1, 0.15) is 6.61 Å². The van der Waals surface area contributed by atoms with Crippen LogP contribution in [0.2, 0.25) is 0 Å². The second-order valence-electron chi connectivity index (χ2n) is 1.27. The SMILES string of the molecule is O=[P+]([O-])OC(CO)O[P+](=O)[O-].[Cu+2]. The summed E-state index contributed by atoms with van der Waals surface area (Å²) in [5.41, 5.74) is 0. The smallest absolute Gasteiger partial charge is 0.566 e. The van der Waals surface area contributed by atoms with Crippen molar-refractivity contribution in [3.8, 4) is 0 Å². The average molecular weight is 266 g/mol. The summed E-state index contributed by atoms with van der Waals surface area (Å²) in [7, 11) is -6.46. The van der Waals surface area contributed by atoms with Crippen LogP contribution in [-0.4, -0.2) is 18.0 Å². The van der Waals surface area contributed by atoms with Crippen LogP contribution in [0.25, 0.3) is 0 Å². The number of rotatable bonds is 5. The third-order valence-electron chi connectivity index (χ3n) is 0.556. The molecule has 0 aliphatic heterocycles. The fourth-order valence-corrected chi connectivity index (χ4v) is 0.949. The third-order valence-corrected chi connectivity index (χ3v) is 1.37. The molecule has 0 saturated carbocycles. The van der Waals surface area contributed by atoms with E-state index in [2.05, 4.69) is 9.05 Å². The van der Waals surface area contributed by atoms with Crippen molar-refractivity contribution in [1.29, 1.82) is 0 Å². The summed E-state index contributed by atoms with van der Waals surface area (Å²) in [4.78, 5) is 19.6. The van der Waals surface area contributed by atoms with Crippen molar-refractivity contribution in [2.75, 3.05) is 6.61 Å². The maximum Gasteiger partial charge on any atom is 2.00 e. The summed E-state index contributed by atoms with van der Waals surface area (Å²) < 4.78 is 27.2. The van der Waals surface area contributed by atoms with Crippen LogP contribution in [0.3, 0.4) is 0 Å². The van der Waals surface area contributed by atoms with Gasteiger partial charge in [0.25, 0.3) is 6.29 Å². The first-order valence-electron chi connectivity index (χ1n) is 2.29. The van der Waals surface area contributed by atoms with E-state index in [1.165, 1.54) is 0 Å². The minimum Gasteiger partial charge on any atom is -0.566 e. The van der Waals surface area contributed by atoms with E-state index in [0.717, 1.165) is 0 Å². The Labute approximate surface area is 80.1 Å². The predicted octanol–water partition coefficient (Wildman–Crippen LogP) is -1.63. The molecule has 0 amide bonds. The maximum absolute atomic E-state index is 9.78. The number of aliphatic hydroxyl groups is 1. The first-order valence-corrected chi connectivity index (χ1v) is 4.48. The van der Waals surface area contributed by atoms with E-state index >= 15 is 0 Å². The van der Waals surface area contributed by atoms with E-state index in [1.54, 1.807) is 0 Å². The van der Waals surface area contributed by atoms with Gasteiger partial charge in [0.05, 0.1) is 0 Å². The quantitative estimate of drug-likeness (QED) is 0.360. The molecule has 0 heterocycles. The molecule has 0 saturated heterocycles. The van der Waals surface area contributed by atoms with E-state index in [-0.39, 0.29) is 17.1 Å². The second kappa shape index (κ2) is 8.13. The molecule has 0 aromatic heterocycles. The first-order chi connectivity index (χ1) is 5.06. The molecule has 1 N–H and O–H groups in total. The van der Waals surface area contributed by atoms with Crippen LogP contribution in [0.15, 0.2) is 0 Å². The molecule has 0 spiro atoms. The Morgan fingerprint density at radius 1 is 1.25 bits per heavy atom. The summed E-state index contributed by atoms with van der Waals surface area (Å²) in [6.45, 7) is -0.855. The predicted molar refractivity (Wildman–Crippen MR) is 28.3 cm³/mol. The van der Waals surface area contributed by atoms with Gasteiger partial charge in [-0.2, -0.15) is 0 Å². The molecule has 1 radical (unpaired) electrons. The van der Waals surface area contributed by atoms with Gasteiger partial charge in [0, 0.05) is 0 Å². The number of hydrogen-bond donors (Lipinski definition) is 1. The fraction of sp³-hybridized carbons (Fsp3) is 1.00. The second-order valence-corrected chi connectivity index (χ2v) is 2.59. The maximum atomic E-state index is 9.78. The van der Waals surface area contributed by atoms with Gasteiger partial charge in [-0.15, -0.1) is 9.05 Å². The van der Waals surface area contributed by atoms with Gasteiger partial charge in [-0.1, -0.05) is 0 Å². The van der Waals surface area contributed by atoms with E-state index in [0.29, 0.717) is 0 Å². The molecule has 2 atom stereocenters. The standard InChI is InChI=1S/C2H4O7P2.Cu/c3-1-2(8-10(4)5)9-11(6)7;/h2-3H,1H2;/q;+2. The van der Waals surface area contributed by atoms with Crippen molar-refractivity contribution < 1.29 is 50.1 Å². The minimum atomic E-state index is -3.23. The average Bonchev–Trinajstić information content (AvgIpc) is 1.84. The Kier molecular flexibility index (Phi) is 10.2. The summed E-state index contributed by atoms with van der Waals surface area (Å²) in [6, 6.07) is 0. The Balaban J connectivity index is 0. The summed E-state index contributed by atoms with van der Waals surface area (Å²) >= 11 is 0. The molecule has 0 fully saturated rings. The zero-order chi connectivity index (χ0) is 8.85. The van der Waals surface area contributed by atoms with Crippen molar-refractivity contribution in [2.45, 2.75) is 6.29 Å². The molecular weight excluding hydrogens is 262 g/mol. The van der Waals surface area contributed by atoms with Gasteiger partial charge in [0.2, 0.25) is 0 Å².